The Hall–Kier alpha value is -2.57. The Balaban J connectivity index is 1.44. The molecule has 3 heterocycles. The lowest BCUT2D eigenvalue weighted by Crippen LogP contribution is -2.16. The molecular formula is C18H16N4OS. The van der Waals surface area contributed by atoms with Gasteiger partial charge in [0.1, 0.15) is 5.69 Å². The fourth-order valence-corrected chi connectivity index (χ4v) is 3.73. The van der Waals surface area contributed by atoms with Gasteiger partial charge in [0, 0.05) is 22.3 Å². The summed E-state index contributed by atoms with van der Waals surface area (Å²) in [6.07, 6.45) is 1.72. The SMILES string of the molecule is CN(Cc1nc(-c2ccccn2)no1)Cc1cc2ccccc2s1. The third-order valence-corrected chi connectivity index (χ3v) is 4.77. The van der Waals surface area contributed by atoms with E-state index in [1.807, 2.05) is 29.5 Å². The van der Waals surface area contributed by atoms with Gasteiger partial charge in [-0.3, -0.25) is 9.88 Å². The Morgan fingerprint density at radius 2 is 1.96 bits per heavy atom. The van der Waals surface area contributed by atoms with E-state index in [1.165, 1.54) is 15.0 Å². The zero-order valence-electron chi connectivity index (χ0n) is 13.2. The lowest BCUT2D eigenvalue weighted by atomic mass is 10.2. The van der Waals surface area contributed by atoms with Crippen LogP contribution < -0.4 is 0 Å². The maximum absolute atomic E-state index is 5.35. The molecule has 0 radical (unpaired) electrons. The van der Waals surface area contributed by atoms with Crippen LogP contribution in [0.15, 0.2) is 59.3 Å². The molecular weight excluding hydrogens is 320 g/mol. The van der Waals surface area contributed by atoms with Crippen molar-refractivity contribution in [3.05, 3.63) is 65.5 Å². The standard InChI is InChI=1S/C18H16N4OS/c1-22(11-14-10-13-6-2-3-8-16(13)24-14)12-17-20-18(21-23-17)15-7-4-5-9-19-15/h2-10H,11-12H2,1H3. The molecule has 0 saturated carbocycles. The van der Waals surface area contributed by atoms with E-state index in [1.54, 1.807) is 6.20 Å². The molecule has 24 heavy (non-hydrogen) atoms. The first-order chi connectivity index (χ1) is 11.8. The lowest BCUT2D eigenvalue weighted by molar-refractivity contribution is 0.262. The molecule has 120 valence electrons. The van der Waals surface area contributed by atoms with Crippen LogP contribution in [0.25, 0.3) is 21.6 Å². The molecule has 0 aliphatic heterocycles. The van der Waals surface area contributed by atoms with Crippen molar-refractivity contribution < 1.29 is 4.52 Å². The molecule has 0 atom stereocenters. The first-order valence-corrected chi connectivity index (χ1v) is 8.49. The van der Waals surface area contributed by atoms with Gasteiger partial charge in [0.25, 0.3) is 0 Å². The van der Waals surface area contributed by atoms with E-state index in [4.69, 9.17) is 4.52 Å². The predicted octanol–water partition coefficient (Wildman–Crippen LogP) is 3.98. The second-order valence-electron chi connectivity index (χ2n) is 5.65. The third-order valence-electron chi connectivity index (χ3n) is 3.67. The van der Waals surface area contributed by atoms with Gasteiger partial charge < -0.3 is 4.52 Å². The number of rotatable bonds is 5. The number of aromatic nitrogens is 3. The fraction of sp³-hybridized carbons (Fsp3) is 0.167. The average Bonchev–Trinajstić information content (AvgIpc) is 3.21. The molecule has 0 unspecified atom stereocenters. The Labute approximate surface area is 143 Å². The first-order valence-electron chi connectivity index (χ1n) is 7.68. The van der Waals surface area contributed by atoms with Gasteiger partial charge in [-0.05, 0) is 36.7 Å². The van der Waals surface area contributed by atoms with E-state index in [9.17, 15) is 0 Å². The Morgan fingerprint density at radius 1 is 1.08 bits per heavy atom. The second kappa shape index (κ2) is 6.51. The molecule has 0 bridgehead atoms. The van der Waals surface area contributed by atoms with E-state index in [-0.39, 0.29) is 0 Å². The van der Waals surface area contributed by atoms with Gasteiger partial charge in [0.15, 0.2) is 0 Å². The van der Waals surface area contributed by atoms with Crippen LogP contribution in [0.3, 0.4) is 0 Å². The largest absolute Gasteiger partial charge is 0.337 e. The molecule has 1 aromatic carbocycles. The van der Waals surface area contributed by atoms with Crippen LogP contribution >= 0.6 is 11.3 Å². The Morgan fingerprint density at radius 3 is 2.79 bits per heavy atom. The van der Waals surface area contributed by atoms with Crippen molar-refractivity contribution >= 4 is 21.4 Å². The minimum Gasteiger partial charge on any atom is -0.337 e. The number of nitrogens with zero attached hydrogens (tertiary/aromatic N) is 4. The minimum atomic E-state index is 0.529. The first kappa shape index (κ1) is 15.0. The molecule has 0 aliphatic rings. The highest BCUT2D eigenvalue weighted by atomic mass is 32.1. The van der Waals surface area contributed by atoms with Gasteiger partial charge in [0.05, 0.1) is 6.54 Å². The van der Waals surface area contributed by atoms with Gasteiger partial charge >= 0.3 is 0 Å². The minimum absolute atomic E-state index is 0.529. The number of benzene rings is 1. The smallest absolute Gasteiger partial charge is 0.241 e. The normalized spacial score (nSPS) is 11.4. The Bertz CT molecular complexity index is 915. The molecule has 0 amide bonds. The molecule has 3 aromatic heterocycles. The maximum Gasteiger partial charge on any atom is 0.241 e. The molecule has 6 heteroatoms. The summed E-state index contributed by atoms with van der Waals surface area (Å²) in [5.41, 5.74) is 0.722. The molecule has 0 fully saturated rings. The highest BCUT2D eigenvalue weighted by molar-refractivity contribution is 7.19. The zero-order valence-corrected chi connectivity index (χ0v) is 14.0. The highest BCUT2D eigenvalue weighted by Gasteiger charge is 2.12. The van der Waals surface area contributed by atoms with E-state index in [0.29, 0.717) is 18.3 Å². The number of pyridine rings is 1. The second-order valence-corrected chi connectivity index (χ2v) is 6.82. The van der Waals surface area contributed by atoms with E-state index < -0.39 is 0 Å². The average molecular weight is 336 g/mol. The van der Waals surface area contributed by atoms with Gasteiger partial charge in [0.2, 0.25) is 11.7 Å². The summed E-state index contributed by atoms with van der Waals surface area (Å²) in [4.78, 5) is 12.2. The van der Waals surface area contributed by atoms with E-state index in [0.717, 1.165) is 12.2 Å². The lowest BCUT2D eigenvalue weighted by Gasteiger charge is -2.12. The predicted molar refractivity (Wildman–Crippen MR) is 94.5 cm³/mol. The van der Waals surface area contributed by atoms with Gasteiger partial charge in [-0.25, -0.2) is 0 Å². The summed E-state index contributed by atoms with van der Waals surface area (Å²) in [5.74, 6) is 1.13. The Kier molecular flexibility index (Phi) is 4.06. The van der Waals surface area contributed by atoms with Crippen molar-refractivity contribution in [3.8, 4) is 11.5 Å². The monoisotopic (exact) mass is 336 g/mol. The number of hydrogen-bond acceptors (Lipinski definition) is 6. The summed E-state index contributed by atoms with van der Waals surface area (Å²) in [7, 11) is 2.05. The summed E-state index contributed by atoms with van der Waals surface area (Å²) in [6.45, 7) is 1.45. The summed E-state index contributed by atoms with van der Waals surface area (Å²) < 4.78 is 6.66. The van der Waals surface area contributed by atoms with Crippen molar-refractivity contribution in [3.63, 3.8) is 0 Å². The molecule has 4 aromatic rings. The fourth-order valence-electron chi connectivity index (χ4n) is 2.59. The van der Waals surface area contributed by atoms with Crippen molar-refractivity contribution in [2.24, 2.45) is 0 Å². The third kappa shape index (κ3) is 3.20. The molecule has 0 spiro atoms. The molecule has 0 aliphatic carbocycles. The highest BCUT2D eigenvalue weighted by Crippen LogP contribution is 2.26. The molecule has 0 N–H and O–H groups in total. The summed E-state index contributed by atoms with van der Waals surface area (Å²) in [5, 5.41) is 5.30. The van der Waals surface area contributed by atoms with Crippen LogP contribution in [0.4, 0.5) is 0 Å². The van der Waals surface area contributed by atoms with Gasteiger partial charge in [-0.15, -0.1) is 11.3 Å². The van der Waals surface area contributed by atoms with Crippen LogP contribution in [0.2, 0.25) is 0 Å². The van der Waals surface area contributed by atoms with Crippen molar-refractivity contribution in [2.45, 2.75) is 13.1 Å². The van der Waals surface area contributed by atoms with Crippen LogP contribution in [0.1, 0.15) is 10.8 Å². The van der Waals surface area contributed by atoms with Gasteiger partial charge in [-0.2, -0.15) is 4.98 Å². The van der Waals surface area contributed by atoms with Crippen molar-refractivity contribution in [1.29, 1.82) is 0 Å². The van der Waals surface area contributed by atoms with Crippen LogP contribution in [0.5, 0.6) is 0 Å². The van der Waals surface area contributed by atoms with Crippen LogP contribution in [-0.2, 0) is 13.1 Å². The molecule has 4 rings (SSSR count). The maximum atomic E-state index is 5.35. The molecule has 5 nitrogen and oxygen atoms in total. The number of fused-ring (bicyclic) bond motifs is 1. The summed E-state index contributed by atoms with van der Waals surface area (Å²) in [6, 6.07) is 16.3. The summed E-state index contributed by atoms with van der Waals surface area (Å²) >= 11 is 1.82. The quantitative estimate of drug-likeness (QED) is 0.552. The van der Waals surface area contributed by atoms with Crippen molar-refractivity contribution in [1.82, 2.24) is 20.0 Å². The number of thiophene rings is 1. The van der Waals surface area contributed by atoms with Gasteiger partial charge in [-0.1, -0.05) is 29.4 Å². The topological polar surface area (TPSA) is 55.1 Å². The molecule has 0 saturated heterocycles. The number of hydrogen-bond donors (Lipinski definition) is 0. The zero-order chi connectivity index (χ0) is 16.4. The van der Waals surface area contributed by atoms with E-state index in [2.05, 4.69) is 57.4 Å². The van der Waals surface area contributed by atoms with Crippen LogP contribution in [0, 0.1) is 0 Å². The van der Waals surface area contributed by atoms with Crippen molar-refractivity contribution in [2.75, 3.05) is 7.05 Å². The van der Waals surface area contributed by atoms with E-state index >= 15 is 0 Å². The van der Waals surface area contributed by atoms with Crippen LogP contribution in [-0.4, -0.2) is 27.1 Å².